The number of aromatic nitrogens is 1. The third-order valence-corrected chi connectivity index (χ3v) is 5.86. The molecule has 9 nitrogen and oxygen atoms in total. The topological polar surface area (TPSA) is 129 Å². The molecule has 0 atom stereocenters. The van der Waals surface area contributed by atoms with Crippen molar-refractivity contribution in [1.29, 1.82) is 0 Å². The number of non-ortho nitro benzene ring substituents is 1. The van der Waals surface area contributed by atoms with Gasteiger partial charge in [-0.05, 0) is 39.0 Å². The molecule has 0 radical (unpaired) electrons. The maximum atomic E-state index is 13.0. The van der Waals surface area contributed by atoms with Gasteiger partial charge >= 0.3 is 5.97 Å². The van der Waals surface area contributed by atoms with Crippen molar-refractivity contribution in [1.82, 2.24) is 3.97 Å². The van der Waals surface area contributed by atoms with Gasteiger partial charge in [-0.25, -0.2) is 12.4 Å². The van der Waals surface area contributed by atoms with E-state index in [9.17, 15) is 28.4 Å². The number of nitro groups is 1. The van der Waals surface area contributed by atoms with Crippen LogP contribution in [0, 0.1) is 15.5 Å². The van der Waals surface area contributed by atoms with E-state index >= 15 is 0 Å². The van der Waals surface area contributed by atoms with Crippen molar-refractivity contribution in [2.75, 3.05) is 0 Å². The average Bonchev–Trinajstić information content (AvgIpc) is 3.06. The van der Waals surface area contributed by atoms with Crippen molar-refractivity contribution in [2.45, 2.75) is 25.7 Å². The minimum Gasteiger partial charge on any atom is -0.507 e. The fourth-order valence-electron chi connectivity index (χ4n) is 2.56. The predicted molar refractivity (Wildman–Crippen MR) is 104 cm³/mol. The average molecular weight is 418 g/mol. The molecule has 3 rings (SSSR count). The second-order valence-electron chi connectivity index (χ2n) is 7.38. The molecule has 3 aromatic rings. The lowest BCUT2D eigenvalue weighted by molar-refractivity contribution is -0.384. The lowest BCUT2D eigenvalue weighted by Gasteiger charge is -2.16. The number of benzene rings is 2. The smallest absolute Gasteiger partial charge is 0.316 e. The maximum absolute atomic E-state index is 13.0. The maximum Gasteiger partial charge on any atom is 0.316 e. The summed E-state index contributed by atoms with van der Waals surface area (Å²) in [6, 6.07) is 8.41. The van der Waals surface area contributed by atoms with Crippen LogP contribution in [-0.2, 0) is 14.8 Å². The van der Waals surface area contributed by atoms with E-state index in [2.05, 4.69) is 0 Å². The van der Waals surface area contributed by atoms with Crippen LogP contribution >= 0.6 is 0 Å². The van der Waals surface area contributed by atoms with Crippen LogP contribution in [0.1, 0.15) is 20.8 Å². The van der Waals surface area contributed by atoms with E-state index in [-0.39, 0.29) is 33.0 Å². The first kappa shape index (κ1) is 20.3. The van der Waals surface area contributed by atoms with E-state index in [0.29, 0.717) is 0 Å². The van der Waals surface area contributed by atoms with Gasteiger partial charge in [-0.15, -0.1) is 0 Å². The van der Waals surface area contributed by atoms with Gasteiger partial charge in [-0.3, -0.25) is 14.9 Å². The van der Waals surface area contributed by atoms with Crippen molar-refractivity contribution < 1.29 is 28.0 Å². The second-order valence-corrected chi connectivity index (χ2v) is 9.20. The Morgan fingerprint density at radius 2 is 1.76 bits per heavy atom. The Bertz CT molecular complexity index is 1220. The number of aromatic hydroxyl groups is 1. The first-order valence-corrected chi connectivity index (χ1v) is 9.91. The monoisotopic (exact) mass is 418 g/mol. The van der Waals surface area contributed by atoms with Gasteiger partial charge in [-0.2, -0.15) is 0 Å². The summed E-state index contributed by atoms with van der Waals surface area (Å²) in [5, 5.41) is 21.3. The molecule has 0 aliphatic carbocycles. The third kappa shape index (κ3) is 3.79. The molecule has 1 heterocycles. The Kier molecular flexibility index (Phi) is 4.83. The number of phenols is 1. The number of phenolic OH excluding ortho intramolecular Hbond substituents is 1. The zero-order chi connectivity index (χ0) is 21.6. The first-order chi connectivity index (χ1) is 13.4. The molecule has 152 valence electrons. The van der Waals surface area contributed by atoms with Crippen LogP contribution in [0.25, 0.3) is 10.9 Å². The summed E-state index contributed by atoms with van der Waals surface area (Å²) in [6.07, 6.45) is 1.25. The lowest BCUT2D eigenvalue weighted by Crippen LogP contribution is -2.25. The number of carbonyl (C=O) groups is 1. The highest BCUT2D eigenvalue weighted by Crippen LogP contribution is 2.34. The van der Waals surface area contributed by atoms with E-state index in [0.717, 1.165) is 28.2 Å². The molecule has 1 aromatic heterocycles. The van der Waals surface area contributed by atoms with Crippen LogP contribution in [0.5, 0.6) is 11.5 Å². The molecule has 0 unspecified atom stereocenters. The molecule has 10 heteroatoms. The summed E-state index contributed by atoms with van der Waals surface area (Å²) in [4.78, 5) is 22.1. The standard InChI is InChI=1S/C19H18N2O7S/c1-19(2,3)18(23)28-13-10-16-15(17(22)11-13)8-9-20(16)29(26,27)14-6-4-12(5-7-14)21(24)25/h4-11,22H,1-3H3. The quantitative estimate of drug-likeness (QED) is 0.297. The van der Waals surface area contributed by atoms with Gasteiger partial charge in [0.05, 0.1) is 20.8 Å². The van der Waals surface area contributed by atoms with Crippen molar-refractivity contribution in [3.63, 3.8) is 0 Å². The molecule has 0 saturated heterocycles. The molecule has 29 heavy (non-hydrogen) atoms. The van der Waals surface area contributed by atoms with Crippen LogP contribution in [0.4, 0.5) is 5.69 Å². The molecular weight excluding hydrogens is 400 g/mol. The second kappa shape index (κ2) is 6.89. The Morgan fingerprint density at radius 3 is 2.31 bits per heavy atom. The van der Waals surface area contributed by atoms with Crippen molar-refractivity contribution in [2.24, 2.45) is 5.41 Å². The van der Waals surface area contributed by atoms with Gasteiger partial charge in [0.1, 0.15) is 11.5 Å². The SMILES string of the molecule is CC(C)(C)C(=O)Oc1cc(O)c2ccn(S(=O)(=O)c3ccc([N+](=O)[O-])cc3)c2c1. The normalized spacial score (nSPS) is 12.1. The van der Waals surface area contributed by atoms with E-state index in [1.807, 2.05) is 0 Å². The van der Waals surface area contributed by atoms with Crippen LogP contribution in [-0.4, -0.2) is 28.4 Å². The van der Waals surface area contributed by atoms with E-state index in [1.54, 1.807) is 20.8 Å². The fraction of sp³-hybridized carbons (Fsp3) is 0.211. The van der Waals surface area contributed by atoms with E-state index < -0.39 is 26.3 Å². The van der Waals surface area contributed by atoms with Crippen LogP contribution in [0.2, 0.25) is 0 Å². The Labute approximate surface area is 166 Å². The van der Waals surface area contributed by atoms with Crippen molar-refractivity contribution in [3.05, 3.63) is 58.8 Å². The molecule has 1 N–H and O–H groups in total. The number of rotatable bonds is 4. The zero-order valence-electron chi connectivity index (χ0n) is 15.8. The highest BCUT2D eigenvalue weighted by Gasteiger charge is 2.25. The molecule has 0 aliphatic heterocycles. The minimum atomic E-state index is -4.11. The highest BCUT2D eigenvalue weighted by atomic mass is 32.2. The minimum absolute atomic E-state index is 0.00576. The first-order valence-electron chi connectivity index (χ1n) is 8.47. The van der Waals surface area contributed by atoms with E-state index in [1.165, 1.54) is 24.4 Å². The van der Waals surface area contributed by atoms with Gasteiger partial charge < -0.3 is 9.84 Å². The summed E-state index contributed by atoms with van der Waals surface area (Å²) in [7, 11) is -4.11. The Hall–Kier alpha value is -3.40. The largest absolute Gasteiger partial charge is 0.507 e. The lowest BCUT2D eigenvalue weighted by atomic mass is 9.97. The fourth-order valence-corrected chi connectivity index (χ4v) is 3.89. The molecule has 2 aromatic carbocycles. The number of fused-ring (bicyclic) bond motifs is 1. The molecule has 0 bridgehead atoms. The summed E-state index contributed by atoms with van der Waals surface area (Å²) in [5.74, 6) is -0.807. The van der Waals surface area contributed by atoms with Crippen LogP contribution in [0.15, 0.2) is 53.6 Å². The van der Waals surface area contributed by atoms with Crippen molar-refractivity contribution in [3.8, 4) is 11.5 Å². The number of hydrogen-bond donors (Lipinski definition) is 1. The number of ether oxygens (including phenoxy) is 1. The molecule has 0 spiro atoms. The number of nitrogens with zero attached hydrogens (tertiary/aromatic N) is 2. The molecular formula is C19H18N2O7S. The van der Waals surface area contributed by atoms with E-state index in [4.69, 9.17) is 4.74 Å². The van der Waals surface area contributed by atoms with Crippen LogP contribution in [0.3, 0.4) is 0 Å². The van der Waals surface area contributed by atoms with Crippen LogP contribution < -0.4 is 4.74 Å². The van der Waals surface area contributed by atoms with Gasteiger partial charge in [0.15, 0.2) is 0 Å². The summed E-state index contributed by atoms with van der Waals surface area (Å²) in [5.41, 5.74) is -0.937. The molecule has 0 amide bonds. The zero-order valence-corrected chi connectivity index (χ0v) is 16.6. The van der Waals surface area contributed by atoms with Gasteiger partial charge in [0.25, 0.3) is 15.7 Å². The number of hydrogen-bond acceptors (Lipinski definition) is 7. The molecule has 0 saturated carbocycles. The molecule has 0 fully saturated rings. The highest BCUT2D eigenvalue weighted by molar-refractivity contribution is 7.90. The predicted octanol–water partition coefficient (Wildman–Crippen LogP) is 3.44. The summed E-state index contributed by atoms with van der Waals surface area (Å²) < 4.78 is 32.2. The number of nitro benzene ring substituents is 1. The number of carbonyl (C=O) groups excluding carboxylic acids is 1. The number of esters is 1. The summed E-state index contributed by atoms with van der Waals surface area (Å²) in [6.45, 7) is 4.99. The third-order valence-electron chi connectivity index (χ3n) is 4.15. The van der Waals surface area contributed by atoms with Crippen molar-refractivity contribution >= 4 is 32.6 Å². The van der Waals surface area contributed by atoms with Gasteiger partial charge in [-0.1, -0.05) is 0 Å². The molecule has 0 aliphatic rings. The Morgan fingerprint density at radius 1 is 1.14 bits per heavy atom. The van der Waals surface area contributed by atoms with Gasteiger partial charge in [0, 0.05) is 35.8 Å². The summed E-state index contributed by atoms with van der Waals surface area (Å²) >= 11 is 0. The Balaban J connectivity index is 2.09. The van der Waals surface area contributed by atoms with Gasteiger partial charge in [0.2, 0.25) is 0 Å².